The molecule has 0 aliphatic heterocycles. The van der Waals surface area contributed by atoms with E-state index in [2.05, 4.69) is 4.72 Å². The van der Waals surface area contributed by atoms with Gasteiger partial charge in [0.05, 0.1) is 25.4 Å². The lowest BCUT2D eigenvalue weighted by Crippen LogP contribution is -2.36. The molecule has 1 N–H and O–H groups in total. The van der Waals surface area contributed by atoms with Gasteiger partial charge in [-0.1, -0.05) is 12.1 Å². The van der Waals surface area contributed by atoms with E-state index < -0.39 is 10.0 Å². The van der Waals surface area contributed by atoms with Gasteiger partial charge in [0.2, 0.25) is 10.0 Å². The first-order chi connectivity index (χ1) is 10.5. The van der Waals surface area contributed by atoms with Gasteiger partial charge < -0.3 is 9.15 Å². The van der Waals surface area contributed by atoms with E-state index in [4.69, 9.17) is 9.15 Å². The Bertz CT molecular complexity index is 663. The Balaban J connectivity index is 1.84. The van der Waals surface area contributed by atoms with Crippen LogP contribution in [0, 0.1) is 0 Å². The van der Waals surface area contributed by atoms with Gasteiger partial charge in [0, 0.05) is 6.04 Å². The first kappa shape index (κ1) is 16.6. The van der Waals surface area contributed by atoms with Gasteiger partial charge in [0.1, 0.15) is 5.75 Å². The van der Waals surface area contributed by atoms with E-state index in [9.17, 15) is 8.42 Å². The third-order valence-electron chi connectivity index (χ3n) is 3.32. The van der Waals surface area contributed by atoms with Gasteiger partial charge in [-0.15, -0.1) is 0 Å². The molecule has 1 atom stereocenters. The summed E-state index contributed by atoms with van der Waals surface area (Å²) in [4.78, 5) is 0. The Morgan fingerprint density at radius 2 is 1.91 bits per heavy atom. The molecule has 120 valence electrons. The Hall–Kier alpha value is -1.79. The molecule has 0 spiro atoms. The fourth-order valence-electron chi connectivity index (χ4n) is 2.21. The molecule has 0 aliphatic rings. The monoisotopic (exact) mass is 323 g/mol. The van der Waals surface area contributed by atoms with E-state index in [0.717, 1.165) is 16.9 Å². The molecule has 5 nitrogen and oxygen atoms in total. The molecule has 0 aliphatic carbocycles. The second kappa shape index (κ2) is 7.47. The summed E-state index contributed by atoms with van der Waals surface area (Å²) in [6, 6.07) is 9.08. The van der Waals surface area contributed by atoms with Crippen LogP contribution in [-0.2, 0) is 22.9 Å². The van der Waals surface area contributed by atoms with Crippen molar-refractivity contribution in [1.82, 2.24) is 4.72 Å². The highest BCUT2D eigenvalue weighted by Gasteiger charge is 2.15. The first-order valence-electron chi connectivity index (χ1n) is 7.12. The number of furan rings is 1. The van der Waals surface area contributed by atoms with Gasteiger partial charge in [-0.3, -0.25) is 0 Å². The highest BCUT2D eigenvalue weighted by atomic mass is 32.2. The maximum Gasteiger partial charge on any atom is 0.212 e. The Kier molecular flexibility index (Phi) is 5.63. The summed E-state index contributed by atoms with van der Waals surface area (Å²) in [5.41, 5.74) is 1.94. The number of hydrogen-bond acceptors (Lipinski definition) is 4. The summed E-state index contributed by atoms with van der Waals surface area (Å²) >= 11 is 0. The molecule has 0 amide bonds. The lowest BCUT2D eigenvalue weighted by molar-refractivity contribution is 0.414. The Morgan fingerprint density at radius 3 is 2.50 bits per heavy atom. The van der Waals surface area contributed by atoms with Crippen molar-refractivity contribution >= 4 is 10.0 Å². The fraction of sp³-hybridized carbons (Fsp3) is 0.375. The average molecular weight is 323 g/mol. The molecule has 22 heavy (non-hydrogen) atoms. The highest BCUT2D eigenvalue weighted by Crippen LogP contribution is 2.12. The van der Waals surface area contributed by atoms with Crippen molar-refractivity contribution in [3.8, 4) is 5.75 Å². The van der Waals surface area contributed by atoms with Gasteiger partial charge in [-0.2, -0.15) is 0 Å². The largest absolute Gasteiger partial charge is 0.497 e. The van der Waals surface area contributed by atoms with E-state index >= 15 is 0 Å². The SMILES string of the molecule is COc1ccc(CCS(=O)(=O)NC(C)Cc2ccoc2)cc1. The molecule has 0 saturated carbocycles. The molecule has 2 aromatic rings. The third kappa shape index (κ3) is 5.20. The van der Waals surface area contributed by atoms with E-state index in [1.807, 2.05) is 37.3 Å². The van der Waals surface area contributed by atoms with Gasteiger partial charge in [0.15, 0.2) is 0 Å². The van der Waals surface area contributed by atoms with Crippen LogP contribution < -0.4 is 9.46 Å². The van der Waals surface area contributed by atoms with Gasteiger partial charge in [-0.05, 0) is 49.1 Å². The topological polar surface area (TPSA) is 68.5 Å². The van der Waals surface area contributed by atoms with Gasteiger partial charge in [-0.25, -0.2) is 13.1 Å². The minimum Gasteiger partial charge on any atom is -0.497 e. The Labute approximate surface area is 131 Å². The van der Waals surface area contributed by atoms with E-state index in [0.29, 0.717) is 12.8 Å². The van der Waals surface area contributed by atoms with Crippen molar-refractivity contribution < 1.29 is 17.6 Å². The molecule has 1 aromatic heterocycles. The molecule has 0 radical (unpaired) electrons. The minimum absolute atomic E-state index is 0.0645. The summed E-state index contributed by atoms with van der Waals surface area (Å²) < 4.78 is 37.0. The molecule has 2 rings (SSSR count). The number of nitrogens with one attached hydrogen (secondary N) is 1. The average Bonchev–Trinajstić information content (AvgIpc) is 2.98. The van der Waals surface area contributed by atoms with Crippen molar-refractivity contribution in [2.45, 2.75) is 25.8 Å². The molecular formula is C16H21NO4S. The number of aryl methyl sites for hydroxylation is 1. The number of hydrogen-bond donors (Lipinski definition) is 1. The fourth-order valence-corrected chi connectivity index (χ4v) is 3.53. The van der Waals surface area contributed by atoms with Gasteiger partial charge >= 0.3 is 0 Å². The zero-order valence-corrected chi connectivity index (χ0v) is 13.6. The zero-order valence-electron chi connectivity index (χ0n) is 12.8. The quantitative estimate of drug-likeness (QED) is 0.810. The molecular weight excluding hydrogens is 302 g/mol. The van der Waals surface area contributed by atoms with E-state index in [-0.39, 0.29) is 11.8 Å². The summed E-state index contributed by atoms with van der Waals surface area (Å²) in [7, 11) is -1.71. The minimum atomic E-state index is -3.31. The van der Waals surface area contributed by atoms with Crippen molar-refractivity contribution in [2.24, 2.45) is 0 Å². The Morgan fingerprint density at radius 1 is 1.18 bits per heavy atom. The normalized spacial score (nSPS) is 13.0. The first-order valence-corrected chi connectivity index (χ1v) is 8.78. The summed E-state index contributed by atoms with van der Waals surface area (Å²) in [5, 5.41) is 0. The highest BCUT2D eigenvalue weighted by molar-refractivity contribution is 7.89. The molecule has 1 heterocycles. The van der Waals surface area contributed by atoms with E-state index in [1.54, 1.807) is 19.6 Å². The standard InChI is InChI=1S/C16H21NO4S/c1-13(11-15-7-9-21-12-15)17-22(18,19)10-8-14-3-5-16(20-2)6-4-14/h3-7,9,12-13,17H,8,10-11H2,1-2H3. The van der Waals surface area contributed by atoms with E-state index in [1.165, 1.54) is 0 Å². The number of benzene rings is 1. The predicted molar refractivity (Wildman–Crippen MR) is 85.5 cm³/mol. The van der Waals surface area contributed by atoms with Crippen molar-refractivity contribution in [3.63, 3.8) is 0 Å². The lowest BCUT2D eigenvalue weighted by atomic mass is 10.1. The van der Waals surface area contributed by atoms with Crippen LogP contribution in [0.5, 0.6) is 5.75 Å². The summed E-state index contributed by atoms with van der Waals surface area (Å²) in [6.45, 7) is 1.85. The van der Waals surface area contributed by atoms with Crippen LogP contribution in [0.25, 0.3) is 0 Å². The van der Waals surface area contributed by atoms with Crippen LogP contribution in [0.2, 0.25) is 0 Å². The predicted octanol–water partition coefficient (Wildman–Crippen LogP) is 2.38. The zero-order chi connectivity index (χ0) is 16.0. The van der Waals surface area contributed by atoms with Crippen molar-refractivity contribution in [1.29, 1.82) is 0 Å². The number of ether oxygens (including phenoxy) is 1. The van der Waals surface area contributed by atoms with Crippen molar-refractivity contribution in [3.05, 3.63) is 54.0 Å². The molecule has 0 saturated heterocycles. The second-order valence-electron chi connectivity index (χ2n) is 5.27. The van der Waals surface area contributed by atoms with Crippen molar-refractivity contribution in [2.75, 3.05) is 12.9 Å². The molecule has 6 heteroatoms. The molecule has 0 bridgehead atoms. The third-order valence-corrected chi connectivity index (χ3v) is 4.82. The van der Waals surface area contributed by atoms with Crippen LogP contribution in [0.15, 0.2) is 47.3 Å². The molecule has 1 aromatic carbocycles. The molecule has 0 fully saturated rings. The number of rotatable bonds is 8. The lowest BCUT2D eigenvalue weighted by Gasteiger charge is -2.13. The molecule has 1 unspecified atom stereocenters. The second-order valence-corrected chi connectivity index (χ2v) is 7.15. The summed E-state index contributed by atoms with van der Waals surface area (Å²) in [6.07, 6.45) is 4.29. The number of methoxy groups -OCH3 is 1. The smallest absolute Gasteiger partial charge is 0.212 e. The maximum atomic E-state index is 12.1. The van der Waals surface area contributed by atoms with Crippen LogP contribution in [-0.4, -0.2) is 27.3 Å². The van der Waals surface area contributed by atoms with Crippen LogP contribution in [0.4, 0.5) is 0 Å². The van der Waals surface area contributed by atoms with Crippen LogP contribution >= 0.6 is 0 Å². The number of sulfonamides is 1. The summed E-state index contributed by atoms with van der Waals surface area (Å²) in [5.74, 6) is 0.827. The maximum absolute atomic E-state index is 12.1. The van der Waals surface area contributed by atoms with Gasteiger partial charge in [0.25, 0.3) is 0 Å². The van der Waals surface area contributed by atoms with Crippen LogP contribution in [0.1, 0.15) is 18.1 Å². The van der Waals surface area contributed by atoms with Crippen LogP contribution in [0.3, 0.4) is 0 Å².